The number of fused-ring (bicyclic) bond motifs is 1. The molecule has 0 spiro atoms. The first-order chi connectivity index (χ1) is 14.1. The Kier molecular flexibility index (Phi) is 6.33. The first kappa shape index (κ1) is 22.0. The number of carbonyl (C=O) groups excluding carboxylic acids is 2. The van der Waals surface area contributed by atoms with Crippen molar-refractivity contribution in [2.75, 3.05) is 11.9 Å². The fraction of sp³-hybridized carbons (Fsp3) is 0.458. The predicted octanol–water partition coefficient (Wildman–Crippen LogP) is 5.18. The summed E-state index contributed by atoms with van der Waals surface area (Å²) in [6.07, 6.45) is 2.83. The Bertz CT molecular complexity index is 1020. The zero-order chi connectivity index (χ0) is 22.1. The summed E-state index contributed by atoms with van der Waals surface area (Å²) in [6, 6.07) is 7.78. The smallest absolute Gasteiger partial charge is 0.338 e. The molecule has 1 aliphatic carbocycles. The molecule has 0 fully saturated rings. The van der Waals surface area contributed by atoms with Gasteiger partial charge in [-0.2, -0.15) is 5.26 Å². The summed E-state index contributed by atoms with van der Waals surface area (Å²) < 4.78 is 5.21. The Morgan fingerprint density at radius 2 is 2.03 bits per heavy atom. The van der Waals surface area contributed by atoms with Gasteiger partial charge in [0.1, 0.15) is 11.1 Å². The van der Waals surface area contributed by atoms with Crippen molar-refractivity contribution in [2.24, 2.45) is 11.3 Å². The van der Waals surface area contributed by atoms with E-state index >= 15 is 0 Å². The molecule has 1 aromatic heterocycles. The van der Waals surface area contributed by atoms with Crippen molar-refractivity contribution in [3.05, 3.63) is 50.9 Å². The number of rotatable bonds is 4. The van der Waals surface area contributed by atoms with Crippen molar-refractivity contribution in [3.8, 4) is 6.07 Å². The number of nitrogens with one attached hydrogen (secondary N) is 1. The number of thiophene rings is 1. The fourth-order valence-electron chi connectivity index (χ4n) is 3.86. The van der Waals surface area contributed by atoms with E-state index in [1.807, 2.05) is 26.0 Å². The van der Waals surface area contributed by atoms with Crippen LogP contribution in [0.4, 0.5) is 5.00 Å². The molecule has 0 radical (unpaired) electrons. The van der Waals surface area contributed by atoms with E-state index in [0.717, 1.165) is 36.0 Å². The van der Waals surface area contributed by atoms with Crippen LogP contribution in [0.2, 0.25) is 0 Å². The third-order valence-corrected chi connectivity index (χ3v) is 6.97. The van der Waals surface area contributed by atoms with Crippen LogP contribution in [-0.4, -0.2) is 18.5 Å². The van der Waals surface area contributed by atoms with Gasteiger partial charge >= 0.3 is 5.97 Å². The highest BCUT2D eigenvalue weighted by atomic mass is 32.1. The van der Waals surface area contributed by atoms with Gasteiger partial charge in [-0.3, -0.25) is 4.79 Å². The van der Waals surface area contributed by atoms with Gasteiger partial charge in [0.25, 0.3) is 5.91 Å². The molecule has 3 rings (SSSR count). The summed E-state index contributed by atoms with van der Waals surface area (Å²) in [5, 5.41) is 13.0. The minimum atomic E-state index is -0.523. The number of hydrogen-bond donors (Lipinski definition) is 1. The van der Waals surface area contributed by atoms with Crippen LogP contribution in [0, 0.1) is 36.5 Å². The maximum Gasteiger partial charge on any atom is 0.338 e. The third kappa shape index (κ3) is 4.73. The zero-order valence-electron chi connectivity index (χ0n) is 18.2. The van der Waals surface area contributed by atoms with Gasteiger partial charge in [0, 0.05) is 4.88 Å². The van der Waals surface area contributed by atoms with E-state index in [1.165, 1.54) is 16.2 Å². The van der Waals surface area contributed by atoms with E-state index in [4.69, 9.17) is 4.74 Å². The summed E-state index contributed by atoms with van der Waals surface area (Å²) in [5.41, 5.74) is 4.04. The van der Waals surface area contributed by atoms with Crippen LogP contribution < -0.4 is 5.32 Å². The highest BCUT2D eigenvalue weighted by molar-refractivity contribution is 7.16. The van der Waals surface area contributed by atoms with Crippen molar-refractivity contribution >= 4 is 28.2 Å². The lowest BCUT2D eigenvalue weighted by atomic mass is 9.72. The number of hydrogen-bond acceptors (Lipinski definition) is 5. The van der Waals surface area contributed by atoms with Crippen LogP contribution in [-0.2, 0) is 22.4 Å². The van der Waals surface area contributed by atoms with Gasteiger partial charge in [-0.15, -0.1) is 11.3 Å². The average Bonchev–Trinajstić information content (AvgIpc) is 3.03. The Morgan fingerprint density at radius 3 is 2.70 bits per heavy atom. The summed E-state index contributed by atoms with van der Waals surface area (Å²) in [6.45, 7) is 10.1. The summed E-state index contributed by atoms with van der Waals surface area (Å²) in [7, 11) is 0. The van der Waals surface area contributed by atoms with Crippen LogP contribution in [0.5, 0.6) is 0 Å². The van der Waals surface area contributed by atoms with Gasteiger partial charge in [-0.05, 0) is 61.6 Å². The number of ether oxygens (including phenoxy) is 1. The van der Waals surface area contributed by atoms with Crippen molar-refractivity contribution in [1.82, 2.24) is 0 Å². The van der Waals surface area contributed by atoms with Gasteiger partial charge in [0.05, 0.1) is 11.1 Å². The average molecular weight is 425 g/mol. The van der Waals surface area contributed by atoms with Crippen LogP contribution in [0.15, 0.2) is 18.2 Å². The molecule has 0 saturated heterocycles. The third-order valence-electron chi connectivity index (χ3n) is 5.80. The topological polar surface area (TPSA) is 79.2 Å². The molecular weight excluding hydrogens is 396 g/mol. The Hall–Kier alpha value is -2.65. The predicted molar refractivity (Wildman–Crippen MR) is 119 cm³/mol. The maximum absolute atomic E-state index is 12.4. The summed E-state index contributed by atoms with van der Waals surface area (Å²) in [4.78, 5) is 25.9. The van der Waals surface area contributed by atoms with Crippen LogP contribution in [0.3, 0.4) is 0 Å². The molecule has 158 valence electrons. The maximum atomic E-state index is 12.4. The van der Waals surface area contributed by atoms with Crippen molar-refractivity contribution in [1.29, 1.82) is 5.26 Å². The first-order valence-electron chi connectivity index (χ1n) is 10.2. The molecule has 0 saturated carbocycles. The quantitative estimate of drug-likeness (QED) is 0.686. The van der Waals surface area contributed by atoms with Gasteiger partial charge in [-0.1, -0.05) is 38.5 Å². The van der Waals surface area contributed by atoms with Crippen LogP contribution in [0.1, 0.15) is 64.7 Å². The number of esters is 1. The molecule has 5 nitrogen and oxygen atoms in total. The second kappa shape index (κ2) is 8.61. The summed E-state index contributed by atoms with van der Waals surface area (Å²) in [5.74, 6) is -0.404. The number of carbonyl (C=O) groups is 2. The number of nitrogens with zero attached hydrogens (tertiary/aromatic N) is 1. The molecule has 1 heterocycles. The molecule has 1 aliphatic rings. The Morgan fingerprint density at radius 1 is 1.30 bits per heavy atom. The first-order valence-corrected chi connectivity index (χ1v) is 11.0. The molecule has 1 N–H and O–H groups in total. The van der Waals surface area contributed by atoms with Gasteiger partial charge < -0.3 is 10.1 Å². The number of aryl methyl sites for hydroxylation is 2. The molecular formula is C24H28N2O3S. The van der Waals surface area contributed by atoms with Crippen molar-refractivity contribution in [2.45, 2.75) is 53.9 Å². The molecule has 1 aromatic carbocycles. The van der Waals surface area contributed by atoms with E-state index in [0.29, 0.717) is 22.0 Å². The highest BCUT2D eigenvalue weighted by Gasteiger charge is 2.32. The largest absolute Gasteiger partial charge is 0.452 e. The standard InChI is InChI=1S/C24H28N2O3S/c1-14-6-7-15(2)18(10-14)23(28)29-13-21(27)26-22-19(12-25)17-9-8-16(24(3,4)5)11-20(17)30-22/h6-7,10,16H,8-9,11,13H2,1-5H3,(H,26,27)/t16-/m1/s1. The van der Waals surface area contributed by atoms with Crippen molar-refractivity contribution in [3.63, 3.8) is 0 Å². The highest BCUT2D eigenvalue weighted by Crippen LogP contribution is 2.43. The van der Waals surface area contributed by atoms with E-state index in [9.17, 15) is 14.9 Å². The molecule has 0 unspecified atom stereocenters. The van der Waals surface area contributed by atoms with Gasteiger partial charge in [0.2, 0.25) is 0 Å². The minimum absolute atomic E-state index is 0.208. The SMILES string of the molecule is Cc1ccc(C)c(C(=O)OCC(=O)Nc2sc3c(c2C#N)CC[C@@H](C(C)(C)C)C3)c1. The molecule has 0 aliphatic heterocycles. The normalized spacial score (nSPS) is 15.8. The lowest BCUT2D eigenvalue weighted by Crippen LogP contribution is -2.26. The Balaban J connectivity index is 1.67. The van der Waals surface area contributed by atoms with Gasteiger partial charge in [-0.25, -0.2) is 4.79 Å². The van der Waals surface area contributed by atoms with Gasteiger partial charge in [0.15, 0.2) is 6.61 Å². The molecule has 2 aromatic rings. The molecule has 1 atom stereocenters. The molecule has 1 amide bonds. The second-order valence-corrected chi connectivity index (χ2v) is 10.2. The second-order valence-electron chi connectivity index (χ2n) is 9.07. The van der Waals surface area contributed by atoms with Crippen LogP contribution >= 0.6 is 11.3 Å². The fourth-order valence-corrected chi connectivity index (χ4v) is 5.15. The van der Waals surface area contributed by atoms with Crippen LogP contribution in [0.25, 0.3) is 0 Å². The number of benzene rings is 1. The Labute approximate surface area is 182 Å². The number of anilines is 1. The van der Waals surface area contributed by atoms with E-state index in [2.05, 4.69) is 32.2 Å². The zero-order valence-corrected chi connectivity index (χ0v) is 19.0. The van der Waals surface area contributed by atoms with E-state index < -0.39 is 11.9 Å². The minimum Gasteiger partial charge on any atom is -0.452 e. The monoisotopic (exact) mass is 424 g/mol. The number of nitriles is 1. The molecule has 30 heavy (non-hydrogen) atoms. The summed E-state index contributed by atoms with van der Waals surface area (Å²) >= 11 is 1.47. The number of amides is 1. The van der Waals surface area contributed by atoms with E-state index in [1.54, 1.807) is 6.07 Å². The molecule has 6 heteroatoms. The lowest BCUT2D eigenvalue weighted by Gasteiger charge is -2.33. The molecule has 0 bridgehead atoms. The lowest BCUT2D eigenvalue weighted by molar-refractivity contribution is -0.119. The van der Waals surface area contributed by atoms with Crippen molar-refractivity contribution < 1.29 is 14.3 Å². The van der Waals surface area contributed by atoms with E-state index in [-0.39, 0.29) is 12.0 Å².